The van der Waals surface area contributed by atoms with E-state index in [1.807, 2.05) is 35.2 Å². The predicted molar refractivity (Wildman–Crippen MR) is 98.3 cm³/mol. The smallest absolute Gasteiger partial charge is 0.410 e. The first kappa shape index (κ1) is 17.4. The van der Waals surface area contributed by atoms with Gasteiger partial charge in [0.2, 0.25) is 5.91 Å². The molecule has 0 N–H and O–H groups in total. The largest absolute Gasteiger partial charge is 0.445 e. The van der Waals surface area contributed by atoms with Crippen molar-refractivity contribution in [3.8, 4) is 0 Å². The van der Waals surface area contributed by atoms with E-state index in [1.165, 1.54) is 0 Å². The summed E-state index contributed by atoms with van der Waals surface area (Å²) in [6, 6.07) is 10.4. The Kier molecular flexibility index (Phi) is 4.63. The normalized spacial score (nSPS) is 30.5. The van der Waals surface area contributed by atoms with Gasteiger partial charge in [-0.1, -0.05) is 44.2 Å². The molecule has 3 aliphatic heterocycles. The van der Waals surface area contributed by atoms with Crippen LogP contribution in [-0.2, 0) is 16.1 Å². The minimum atomic E-state index is -0.219. The standard InChI is InChI=1S/C21H28N2O3/c1-14(2)18-10-17-12-22(11-16-8-9-19(24)23(18)20(16)17)21(25)26-13-15-6-4-3-5-7-15/h3-7,14,16-18,20H,8-13H2,1-2H3. The minimum Gasteiger partial charge on any atom is -0.445 e. The Bertz CT molecular complexity index is 675. The molecule has 3 saturated heterocycles. The van der Waals surface area contributed by atoms with E-state index in [9.17, 15) is 9.59 Å². The molecule has 3 heterocycles. The Labute approximate surface area is 155 Å². The molecule has 3 fully saturated rings. The Morgan fingerprint density at radius 3 is 2.65 bits per heavy atom. The third-order valence-corrected chi connectivity index (χ3v) is 6.35. The molecule has 4 unspecified atom stereocenters. The van der Waals surface area contributed by atoms with E-state index >= 15 is 0 Å². The van der Waals surface area contributed by atoms with Gasteiger partial charge in [0.15, 0.2) is 0 Å². The van der Waals surface area contributed by atoms with Crippen molar-refractivity contribution in [1.29, 1.82) is 0 Å². The average Bonchev–Trinajstić information content (AvgIpc) is 3.05. The molecule has 26 heavy (non-hydrogen) atoms. The highest BCUT2D eigenvalue weighted by atomic mass is 16.6. The second-order valence-electron chi connectivity index (χ2n) is 8.34. The molecule has 1 aromatic rings. The Morgan fingerprint density at radius 2 is 1.92 bits per heavy atom. The first-order valence-electron chi connectivity index (χ1n) is 9.81. The van der Waals surface area contributed by atoms with Crippen molar-refractivity contribution >= 4 is 12.0 Å². The number of rotatable bonds is 3. The van der Waals surface area contributed by atoms with Crippen molar-refractivity contribution in [2.45, 2.75) is 51.8 Å². The second-order valence-corrected chi connectivity index (χ2v) is 8.34. The SMILES string of the molecule is CC(C)C1CC2CN(C(=O)OCc3ccccc3)CC3CCC(=O)N1C32. The van der Waals surface area contributed by atoms with Crippen molar-refractivity contribution in [1.82, 2.24) is 9.80 Å². The highest BCUT2D eigenvalue weighted by Gasteiger charge is 2.53. The van der Waals surface area contributed by atoms with Crippen molar-refractivity contribution < 1.29 is 14.3 Å². The molecule has 140 valence electrons. The Morgan fingerprint density at radius 1 is 1.19 bits per heavy atom. The molecule has 0 aliphatic carbocycles. The molecule has 0 bridgehead atoms. The van der Waals surface area contributed by atoms with E-state index in [1.54, 1.807) is 0 Å². The fourth-order valence-corrected chi connectivity index (χ4v) is 5.16. The van der Waals surface area contributed by atoms with Crippen LogP contribution in [0.3, 0.4) is 0 Å². The molecule has 5 nitrogen and oxygen atoms in total. The van der Waals surface area contributed by atoms with Crippen LogP contribution in [0.1, 0.15) is 38.7 Å². The zero-order chi connectivity index (χ0) is 18.3. The van der Waals surface area contributed by atoms with Crippen LogP contribution < -0.4 is 0 Å². The van der Waals surface area contributed by atoms with E-state index in [4.69, 9.17) is 4.74 Å². The van der Waals surface area contributed by atoms with Crippen LogP contribution in [0.5, 0.6) is 0 Å². The van der Waals surface area contributed by atoms with E-state index in [-0.39, 0.29) is 6.09 Å². The molecule has 3 aliphatic rings. The topological polar surface area (TPSA) is 49.9 Å². The van der Waals surface area contributed by atoms with Crippen LogP contribution in [-0.4, -0.2) is 47.0 Å². The van der Waals surface area contributed by atoms with Gasteiger partial charge in [0.25, 0.3) is 0 Å². The quantitative estimate of drug-likeness (QED) is 0.835. The van der Waals surface area contributed by atoms with Crippen LogP contribution in [0, 0.1) is 17.8 Å². The number of hydrogen-bond acceptors (Lipinski definition) is 3. The van der Waals surface area contributed by atoms with Crippen LogP contribution in [0.25, 0.3) is 0 Å². The lowest BCUT2D eigenvalue weighted by molar-refractivity contribution is -0.142. The van der Waals surface area contributed by atoms with Gasteiger partial charge >= 0.3 is 6.09 Å². The molecular formula is C21H28N2O3. The Balaban J connectivity index is 1.44. The van der Waals surface area contributed by atoms with Crippen LogP contribution in [0.15, 0.2) is 30.3 Å². The highest BCUT2D eigenvalue weighted by molar-refractivity contribution is 5.78. The fraction of sp³-hybridized carbons (Fsp3) is 0.619. The number of amides is 2. The van der Waals surface area contributed by atoms with Crippen molar-refractivity contribution in [2.75, 3.05) is 13.1 Å². The highest BCUT2D eigenvalue weighted by Crippen LogP contribution is 2.45. The average molecular weight is 356 g/mol. The summed E-state index contributed by atoms with van der Waals surface area (Å²) < 4.78 is 5.56. The van der Waals surface area contributed by atoms with Crippen LogP contribution >= 0.6 is 0 Å². The molecule has 1 aromatic carbocycles. The summed E-state index contributed by atoms with van der Waals surface area (Å²) in [6.45, 7) is 6.13. The Hall–Kier alpha value is -2.04. The monoisotopic (exact) mass is 356 g/mol. The summed E-state index contributed by atoms with van der Waals surface area (Å²) in [4.78, 5) is 29.2. The molecule has 4 atom stereocenters. The van der Waals surface area contributed by atoms with Gasteiger partial charge in [0.05, 0.1) is 0 Å². The van der Waals surface area contributed by atoms with E-state index < -0.39 is 0 Å². The maximum absolute atomic E-state index is 12.6. The van der Waals surface area contributed by atoms with E-state index in [2.05, 4.69) is 18.7 Å². The van der Waals surface area contributed by atoms with E-state index in [0.29, 0.717) is 61.9 Å². The second kappa shape index (κ2) is 6.93. The third-order valence-electron chi connectivity index (χ3n) is 6.35. The first-order valence-corrected chi connectivity index (χ1v) is 9.81. The third kappa shape index (κ3) is 3.08. The van der Waals surface area contributed by atoms with Crippen LogP contribution in [0.2, 0.25) is 0 Å². The molecule has 5 heteroatoms. The summed E-state index contributed by atoms with van der Waals surface area (Å²) >= 11 is 0. The van der Waals surface area contributed by atoms with Crippen molar-refractivity contribution in [3.63, 3.8) is 0 Å². The van der Waals surface area contributed by atoms with E-state index in [0.717, 1.165) is 18.4 Å². The molecule has 2 amide bonds. The summed E-state index contributed by atoms with van der Waals surface area (Å²) in [5, 5.41) is 0. The number of ether oxygens (including phenoxy) is 1. The molecular weight excluding hydrogens is 328 g/mol. The number of carbonyl (C=O) groups excluding carboxylic acids is 2. The van der Waals surface area contributed by atoms with Crippen molar-refractivity contribution in [3.05, 3.63) is 35.9 Å². The lowest BCUT2D eigenvalue weighted by Gasteiger charge is -2.47. The number of carbonyl (C=O) groups is 2. The number of likely N-dealkylation sites (tertiary alicyclic amines) is 1. The lowest BCUT2D eigenvalue weighted by atomic mass is 9.79. The number of piperidine rings is 2. The number of hydrogen-bond donors (Lipinski definition) is 0. The lowest BCUT2D eigenvalue weighted by Crippen LogP contribution is -2.58. The van der Waals surface area contributed by atoms with Crippen LogP contribution in [0.4, 0.5) is 4.79 Å². The van der Waals surface area contributed by atoms with Gasteiger partial charge in [-0.2, -0.15) is 0 Å². The van der Waals surface area contributed by atoms with Gasteiger partial charge in [0, 0.05) is 31.6 Å². The summed E-state index contributed by atoms with van der Waals surface area (Å²) in [5.74, 6) is 1.54. The maximum atomic E-state index is 12.6. The predicted octanol–water partition coefficient (Wildman–Crippen LogP) is 3.29. The summed E-state index contributed by atoms with van der Waals surface area (Å²) in [7, 11) is 0. The molecule has 4 rings (SSSR count). The van der Waals surface area contributed by atoms with Gasteiger partial charge in [-0.15, -0.1) is 0 Å². The van der Waals surface area contributed by atoms with Gasteiger partial charge < -0.3 is 14.5 Å². The minimum absolute atomic E-state index is 0.219. The number of benzene rings is 1. The molecule has 0 aromatic heterocycles. The first-order chi connectivity index (χ1) is 12.5. The fourth-order valence-electron chi connectivity index (χ4n) is 5.16. The summed E-state index contributed by atoms with van der Waals surface area (Å²) in [5.41, 5.74) is 1.01. The van der Waals surface area contributed by atoms with Crippen molar-refractivity contribution in [2.24, 2.45) is 17.8 Å². The molecule has 0 radical (unpaired) electrons. The zero-order valence-corrected chi connectivity index (χ0v) is 15.6. The van der Waals surface area contributed by atoms with Gasteiger partial charge in [-0.05, 0) is 36.2 Å². The van der Waals surface area contributed by atoms with Gasteiger partial charge in [-0.3, -0.25) is 4.79 Å². The zero-order valence-electron chi connectivity index (χ0n) is 15.6. The van der Waals surface area contributed by atoms with Gasteiger partial charge in [0.1, 0.15) is 6.61 Å². The molecule has 0 saturated carbocycles. The maximum Gasteiger partial charge on any atom is 0.410 e. The number of nitrogens with zero attached hydrogens (tertiary/aromatic N) is 2. The van der Waals surface area contributed by atoms with Gasteiger partial charge in [-0.25, -0.2) is 4.79 Å². The summed E-state index contributed by atoms with van der Waals surface area (Å²) in [6.07, 6.45) is 2.30. The molecule has 0 spiro atoms.